The van der Waals surface area contributed by atoms with Crippen LogP contribution in [0.4, 0.5) is 13.2 Å². The second-order valence-corrected chi connectivity index (χ2v) is 5.27. The van der Waals surface area contributed by atoms with E-state index in [1.54, 1.807) is 6.07 Å². The van der Waals surface area contributed by atoms with E-state index >= 15 is 0 Å². The third kappa shape index (κ3) is 3.85. The van der Waals surface area contributed by atoms with Crippen LogP contribution < -0.4 is 10.1 Å². The Morgan fingerprint density at radius 2 is 2.04 bits per heavy atom. The largest absolute Gasteiger partial charge is 0.573 e. The van der Waals surface area contributed by atoms with Gasteiger partial charge >= 0.3 is 6.36 Å². The van der Waals surface area contributed by atoms with Gasteiger partial charge in [-0.15, -0.1) is 13.2 Å². The number of hydrogen-bond donors (Lipinski definition) is 1. The zero-order chi connectivity index (χ0) is 17.2. The standard InChI is InChI=1S/C15H14F3N3O3/c16-15(17,18)24-12-3-1-10(2-4-12)13-14(22)19-6-7-21(13)9-11-5-8-23-20-11/h1-5,8,13H,6-7,9H2,(H,19,22)/t13-/m0/s1. The molecule has 9 heteroatoms. The van der Waals surface area contributed by atoms with Gasteiger partial charge in [0, 0.05) is 25.7 Å². The number of rotatable bonds is 4. The summed E-state index contributed by atoms with van der Waals surface area (Å²) in [5.74, 6) is -0.542. The lowest BCUT2D eigenvalue weighted by molar-refractivity contribution is -0.274. The van der Waals surface area contributed by atoms with Gasteiger partial charge in [-0.3, -0.25) is 9.69 Å². The van der Waals surface area contributed by atoms with E-state index in [9.17, 15) is 18.0 Å². The van der Waals surface area contributed by atoms with Gasteiger partial charge in [-0.2, -0.15) is 0 Å². The number of carbonyl (C=O) groups excluding carboxylic acids is 1. The van der Waals surface area contributed by atoms with E-state index in [1.165, 1.54) is 30.5 Å². The highest BCUT2D eigenvalue weighted by molar-refractivity contribution is 5.83. The summed E-state index contributed by atoms with van der Waals surface area (Å²) < 4.78 is 45.3. The summed E-state index contributed by atoms with van der Waals surface area (Å²) in [6, 6.07) is 6.37. The third-order valence-corrected chi connectivity index (χ3v) is 3.60. The fraction of sp³-hybridized carbons (Fsp3) is 0.333. The van der Waals surface area contributed by atoms with Crippen molar-refractivity contribution < 1.29 is 27.2 Å². The van der Waals surface area contributed by atoms with Gasteiger partial charge in [0.1, 0.15) is 18.1 Å². The number of piperazine rings is 1. The SMILES string of the molecule is O=C1NCCN(Cc2ccon2)[C@H]1c1ccc(OC(F)(F)F)cc1. The monoisotopic (exact) mass is 341 g/mol. The maximum Gasteiger partial charge on any atom is 0.573 e. The van der Waals surface area contributed by atoms with Crippen LogP contribution in [0.3, 0.4) is 0 Å². The zero-order valence-electron chi connectivity index (χ0n) is 12.4. The first-order valence-corrected chi connectivity index (χ1v) is 7.19. The molecular formula is C15H14F3N3O3. The molecule has 0 radical (unpaired) electrons. The summed E-state index contributed by atoms with van der Waals surface area (Å²) >= 11 is 0. The molecule has 1 atom stereocenters. The predicted molar refractivity (Wildman–Crippen MR) is 75.8 cm³/mol. The van der Waals surface area contributed by atoms with Crippen LogP contribution in [0.2, 0.25) is 0 Å². The van der Waals surface area contributed by atoms with E-state index in [1.807, 2.05) is 4.90 Å². The predicted octanol–water partition coefficient (Wildman–Crippen LogP) is 2.25. The van der Waals surface area contributed by atoms with Gasteiger partial charge in [0.15, 0.2) is 0 Å². The highest BCUT2D eigenvalue weighted by Crippen LogP contribution is 2.28. The Kier molecular flexibility index (Phi) is 4.43. The van der Waals surface area contributed by atoms with Crippen LogP contribution in [0.25, 0.3) is 0 Å². The highest BCUT2D eigenvalue weighted by atomic mass is 19.4. The van der Waals surface area contributed by atoms with Gasteiger partial charge in [-0.05, 0) is 17.7 Å². The number of carbonyl (C=O) groups is 1. The first kappa shape index (κ1) is 16.3. The van der Waals surface area contributed by atoms with Crippen molar-refractivity contribution in [1.29, 1.82) is 0 Å². The molecule has 24 heavy (non-hydrogen) atoms. The van der Waals surface area contributed by atoms with Crippen molar-refractivity contribution in [2.45, 2.75) is 18.9 Å². The number of halogens is 3. The average Bonchev–Trinajstić information content (AvgIpc) is 3.00. The molecule has 128 valence electrons. The van der Waals surface area contributed by atoms with Crippen molar-refractivity contribution in [1.82, 2.24) is 15.4 Å². The molecule has 1 aromatic heterocycles. The van der Waals surface area contributed by atoms with E-state index in [2.05, 4.69) is 15.2 Å². The van der Waals surface area contributed by atoms with Crippen LogP contribution in [-0.2, 0) is 11.3 Å². The quantitative estimate of drug-likeness (QED) is 0.924. The van der Waals surface area contributed by atoms with Crippen molar-refractivity contribution >= 4 is 5.91 Å². The molecule has 1 aliphatic heterocycles. The Hall–Kier alpha value is -2.55. The number of ether oxygens (including phenoxy) is 1. The minimum atomic E-state index is -4.75. The molecule has 0 saturated carbocycles. The lowest BCUT2D eigenvalue weighted by Crippen LogP contribution is -2.49. The minimum Gasteiger partial charge on any atom is -0.406 e. The number of nitrogens with one attached hydrogen (secondary N) is 1. The second-order valence-electron chi connectivity index (χ2n) is 5.27. The summed E-state index contributed by atoms with van der Waals surface area (Å²) in [5.41, 5.74) is 1.25. The Bertz CT molecular complexity index is 686. The molecule has 0 aliphatic carbocycles. The van der Waals surface area contributed by atoms with Gasteiger partial charge in [0.25, 0.3) is 0 Å². The Morgan fingerprint density at radius 3 is 2.67 bits per heavy atom. The van der Waals surface area contributed by atoms with Gasteiger partial charge in [0.05, 0.1) is 5.69 Å². The number of amides is 1. The van der Waals surface area contributed by atoms with Crippen LogP contribution in [0.1, 0.15) is 17.3 Å². The van der Waals surface area contributed by atoms with Crippen LogP contribution >= 0.6 is 0 Å². The maximum absolute atomic E-state index is 12.2. The van der Waals surface area contributed by atoms with Crippen LogP contribution in [0.15, 0.2) is 41.1 Å². The molecule has 0 spiro atoms. The first-order valence-electron chi connectivity index (χ1n) is 7.19. The molecule has 6 nitrogen and oxygen atoms in total. The molecule has 2 aromatic rings. The molecule has 1 aliphatic rings. The van der Waals surface area contributed by atoms with Crippen molar-refractivity contribution in [3.05, 3.63) is 47.9 Å². The topological polar surface area (TPSA) is 67.6 Å². The van der Waals surface area contributed by atoms with E-state index in [0.717, 1.165) is 0 Å². The Morgan fingerprint density at radius 1 is 1.29 bits per heavy atom. The van der Waals surface area contributed by atoms with Gasteiger partial charge < -0.3 is 14.6 Å². The first-order chi connectivity index (χ1) is 11.4. The van der Waals surface area contributed by atoms with Crippen molar-refractivity contribution in [2.75, 3.05) is 13.1 Å². The molecule has 0 unspecified atom stereocenters. The lowest BCUT2D eigenvalue weighted by Gasteiger charge is -2.34. The van der Waals surface area contributed by atoms with Crippen molar-refractivity contribution in [2.24, 2.45) is 0 Å². The fourth-order valence-electron chi connectivity index (χ4n) is 2.63. The molecule has 1 fully saturated rings. The number of benzene rings is 1. The Labute approximate surface area is 135 Å². The third-order valence-electron chi connectivity index (χ3n) is 3.60. The minimum absolute atomic E-state index is 0.214. The van der Waals surface area contributed by atoms with Crippen molar-refractivity contribution in [3.8, 4) is 5.75 Å². The van der Waals surface area contributed by atoms with E-state index in [4.69, 9.17) is 4.52 Å². The van der Waals surface area contributed by atoms with Crippen LogP contribution in [0, 0.1) is 0 Å². The second kappa shape index (κ2) is 6.52. The normalized spacial score (nSPS) is 19.1. The van der Waals surface area contributed by atoms with Crippen LogP contribution in [-0.4, -0.2) is 35.4 Å². The molecular weight excluding hydrogens is 327 g/mol. The van der Waals surface area contributed by atoms with Crippen molar-refractivity contribution in [3.63, 3.8) is 0 Å². The molecule has 3 rings (SSSR count). The fourth-order valence-corrected chi connectivity index (χ4v) is 2.63. The molecule has 1 N–H and O–H groups in total. The molecule has 1 saturated heterocycles. The lowest BCUT2D eigenvalue weighted by atomic mass is 10.0. The average molecular weight is 341 g/mol. The van der Waals surface area contributed by atoms with E-state index in [-0.39, 0.29) is 11.7 Å². The summed E-state index contributed by atoms with van der Waals surface area (Å²) in [4.78, 5) is 14.1. The van der Waals surface area contributed by atoms with Gasteiger partial charge in [-0.25, -0.2) is 0 Å². The molecule has 1 aromatic carbocycles. The van der Waals surface area contributed by atoms with Gasteiger partial charge in [0.2, 0.25) is 5.91 Å². The molecule has 1 amide bonds. The number of nitrogens with zero attached hydrogens (tertiary/aromatic N) is 2. The smallest absolute Gasteiger partial charge is 0.406 e. The summed E-state index contributed by atoms with van der Waals surface area (Å²) in [7, 11) is 0. The number of aromatic nitrogens is 1. The number of hydrogen-bond acceptors (Lipinski definition) is 5. The number of alkyl halides is 3. The zero-order valence-corrected chi connectivity index (χ0v) is 12.4. The van der Waals surface area contributed by atoms with E-state index < -0.39 is 12.4 Å². The van der Waals surface area contributed by atoms with Gasteiger partial charge in [-0.1, -0.05) is 17.3 Å². The molecule has 2 heterocycles. The summed E-state index contributed by atoms with van der Waals surface area (Å²) in [6.45, 7) is 1.47. The van der Waals surface area contributed by atoms with Crippen LogP contribution in [0.5, 0.6) is 5.75 Å². The summed E-state index contributed by atoms with van der Waals surface area (Å²) in [5, 5.41) is 6.58. The maximum atomic E-state index is 12.2. The molecule has 0 bridgehead atoms. The highest BCUT2D eigenvalue weighted by Gasteiger charge is 2.33. The summed E-state index contributed by atoms with van der Waals surface area (Å²) in [6.07, 6.45) is -3.31. The Balaban J connectivity index is 1.79. The van der Waals surface area contributed by atoms with E-state index in [0.29, 0.717) is 30.9 Å².